The fraction of sp³-hybridized carbons (Fsp3) is 0.667. The van der Waals surface area contributed by atoms with Gasteiger partial charge in [0.1, 0.15) is 4.88 Å². The summed E-state index contributed by atoms with van der Waals surface area (Å²) in [6.07, 6.45) is 6.83. The molecule has 1 saturated carbocycles. The highest BCUT2D eigenvalue weighted by atomic mass is 32.1. The minimum Gasteiger partial charge on any atom is -0.465 e. The van der Waals surface area contributed by atoms with E-state index < -0.39 is 0 Å². The fourth-order valence-electron chi connectivity index (χ4n) is 2.31. The van der Waals surface area contributed by atoms with Gasteiger partial charge in [0.2, 0.25) is 0 Å². The van der Waals surface area contributed by atoms with E-state index in [-0.39, 0.29) is 5.97 Å². The summed E-state index contributed by atoms with van der Waals surface area (Å²) in [6.45, 7) is 2.19. The number of carbonyl (C=O) groups excluding carboxylic acids is 1. The first-order chi connectivity index (χ1) is 8.20. The molecule has 2 rings (SSSR count). The summed E-state index contributed by atoms with van der Waals surface area (Å²) in [5.74, 6) is 0.421. The number of thiazole rings is 1. The van der Waals surface area contributed by atoms with Gasteiger partial charge < -0.3 is 10.1 Å². The molecule has 1 aromatic rings. The Morgan fingerprint density at radius 1 is 1.59 bits per heavy atom. The molecular weight excluding hydrogens is 236 g/mol. The maximum atomic E-state index is 11.3. The molecule has 1 unspecified atom stereocenters. The van der Waals surface area contributed by atoms with Crippen LogP contribution < -0.4 is 5.32 Å². The molecule has 0 radical (unpaired) electrons. The third-order valence-electron chi connectivity index (χ3n) is 3.35. The Kier molecular flexibility index (Phi) is 3.99. The second-order valence-corrected chi connectivity index (χ2v) is 5.53. The zero-order valence-corrected chi connectivity index (χ0v) is 11.0. The van der Waals surface area contributed by atoms with Gasteiger partial charge in [-0.15, -0.1) is 0 Å². The number of esters is 1. The maximum absolute atomic E-state index is 11.3. The molecule has 1 fully saturated rings. The first-order valence-corrected chi connectivity index (χ1v) is 6.83. The number of nitrogens with zero attached hydrogens (tertiary/aromatic N) is 1. The van der Waals surface area contributed by atoms with E-state index in [1.54, 1.807) is 6.20 Å². The molecule has 1 heterocycles. The summed E-state index contributed by atoms with van der Waals surface area (Å²) < 4.78 is 4.66. The van der Waals surface area contributed by atoms with Crippen molar-refractivity contribution >= 4 is 22.4 Å². The van der Waals surface area contributed by atoms with Crippen molar-refractivity contribution in [2.45, 2.75) is 38.6 Å². The maximum Gasteiger partial charge on any atom is 0.349 e. The molecule has 0 aliphatic heterocycles. The van der Waals surface area contributed by atoms with Crippen molar-refractivity contribution in [3.63, 3.8) is 0 Å². The molecule has 0 spiro atoms. The lowest BCUT2D eigenvalue weighted by Crippen LogP contribution is -2.23. The Morgan fingerprint density at radius 2 is 2.29 bits per heavy atom. The van der Waals surface area contributed by atoms with Gasteiger partial charge in [0.25, 0.3) is 0 Å². The molecule has 17 heavy (non-hydrogen) atoms. The number of methoxy groups -OCH3 is 1. The van der Waals surface area contributed by atoms with Gasteiger partial charge in [0.05, 0.1) is 13.3 Å². The van der Waals surface area contributed by atoms with Crippen LogP contribution in [-0.2, 0) is 4.74 Å². The van der Waals surface area contributed by atoms with Crippen LogP contribution in [0.2, 0.25) is 0 Å². The number of hydrogen-bond acceptors (Lipinski definition) is 5. The van der Waals surface area contributed by atoms with Crippen LogP contribution in [0.15, 0.2) is 6.20 Å². The summed E-state index contributed by atoms with van der Waals surface area (Å²) in [5.41, 5.74) is 0. The Labute approximate surface area is 105 Å². The minimum atomic E-state index is -0.316. The number of ether oxygens (including phenoxy) is 1. The summed E-state index contributed by atoms with van der Waals surface area (Å²) in [6, 6.07) is 0.425. The lowest BCUT2D eigenvalue weighted by atomic mass is 10.0. The van der Waals surface area contributed by atoms with Crippen LogP contribution in [-0.4, -0.2) is 24.1 Å². The quantitative estimate of drug-likeness (QED) is 0.839. The zero-order chi connectivity index (χ0) is 12.3. The van der Waals surface area contributed by atoms with Gasteiger partial charge in [0, 0.05) is 6.04 Å². The lowest BCUT2D eigenvalue weighted by molar-refractivity contribution is 0.0606. The molecule has 1 atom stereocenters. The summed E-state index contributed by atoms with van der Waals surface area (Å²) in [5, 5.41) is 4.19. The molecule has 0 amide bonds. The van der Waals surface area contributed by atoms with E-state index in [4.69, 9.17) is 0 Å². The molecule has 1 N–H and O–H groups in total. The van der Waals surface area contributed by atoms with Crippen molar-refractivity contribution in [2.24, 2.45) is 5.92 Å². The molecule has 0 aromatic carbocycles. The van der Waals surface area contributed by atoms with Crippen molar-refractivity contribution < 1.29 is 9.53 Å². The molecule has 1 aliphatic rings. The molecule has 0 bridgehead atoms. The third kappa shape index (κ3) is 2.97. The van der Waals surface area contributed by atoms with Crippen LogP contribution in [0.5, 0.6) is 0 Å². The highest BCUT2D eigenvalue weighted by Crippen LogP contribution is 2.30. The van der Waals surface area contributed by atoms with Crippen LogP contribution >= 0.6 is 11.3 Å². The van der Waals surface area contributed by atoms with Gasteiger partial charge in [-0.2, -0.15) is 0 Å². The predicted octanol–water partition coefficient (Wildman–Crippen LogP) is 2.92. The summed E-state index contributed by atoms with van der Waals surface area (Å²) in [7, 11) is 1.39. The predicted molar refractivity (Wildman–Crippen MR) is 68.5 cm³/mol. The SMILES string of the molecule is COC(=O)c1cnc(NC(C)C2CCCC2)s1. The van der Waals surface area contributed by atoms with Crippen molar-refractivity contribution in [3.05, 3.63) is 11.1 Å². The van der Waals surface area contributed by atoms with Crippen molar-refractivity contribution in [1.82, 2.24) is 4.98 Å². The highest BCUT2D eigenvalue weighted by molar-refractivity contribution is 7.17. The van der Waals surface area contributed by atoms with E-state index in [9.17, 15) is 4.79 Å². The second-order valence-electron chi connectivity index (χ2n) is 4.50. The van der Waals surface area contributed by atoms with Crippen LogP contribution in [0.25, 0.3) is 0 Å². The lowest BCUT2D eigenvalue weighted by Gasteiger charge is -2.19. The zero-order valence-electron chi connectivity index (χ0n) is 10.2. The topological polar surface area (TPSA) is 51.2 Å². The van der Waals surface area contributed by atoms with E-state index >= 15 is 0 Å². The molecule has 5 heteroatoms. The first-order valence-electron chi connectivity index (χ1n) is 6.01. The van der Waals surface area contributed by atoms with Crippen LogP contribution in [0.3, 0.4) is 0 Å². The van der Waals surface area contributed by atoms with Gasteiger partial charge in [-0.1, -0.05) is 24.2 Å². The third-order valence-corrected chi connectivity index (χ3v) is 4.26. The van der Waals surface area contributed by atoms with Crippen LogP contribution in [0.4, 0.5) is 5.13 Å². The summed E-state index contributed by atoms with van der Waals surface area (Å²) in [4.78, 5) is 16.0. The number of rotatable bonds is 4. The molecule has 0 saturated heterocycles. The Balaban J connectivity index is 1.94. The monoisotopic (exact) mass is 254 g/mol. The van der Waals surface area contributed by atoms with Gasteiger partial charge in [0.15, 0.2) is 5.13 Å². The van der Waals surface area contributed by atoms with E-state index in [1.165, 1.54) is 44.1 Å². The average molecular weight is 254 g/mol. The molecular formula is C12H18N2O2S. The van der Waals surface area contributed by atoms with Gasteiger partial charge in [-0.05, 0) is 25.7 Å². The first kappa shape index (κ1) is 12.4. The average Bonchev–Trinajstić information content (AvgIpc) is 2.98. The van der Waals surface area contributed by atoms with E-state index in [0.29, 0.717) is 10.9 Å². The summed E-state index contributed by atoms with van der Waals surface area (Å²) >= 11 is 1.36. The number of anilines is 1. The molecule has 1 aliphatic carbocycles. The Bertz CT molecular complexity index is 386. The van der Waals surface area contributed by atoms with E-state index in [0.717, 1.165) is 11.0 Å². The van der Waals surface area contributed by atoms with Crippen molar-refractivity contribution in [3.8, 4) is 0 Å². The Morgan fingerprint density at radius 3 is 2.94 bits per heavy atom. The van der Waals surface area contributed by atoms with Gasteiger partial charge in [-0.25, -0.2) is 9.78 Å². The van der Waals surface area contributed by atoms with Crippen LogP contribution in [0.1, 0.15) is 42.3 Å². The number of hydrogen-bond donors (Lipinski definition) is 1. The standard InChI is InChI=1S/C12H18N2O2S/c1-8(9-5-3-4-6-9)14-12-13-7-10(17-12)11(15)16-2/h7-9H,3-6H2,1-2H3,(H,13,14). The minimum absolute atomic E-state index is 0.316. The number of aromatic nitrogens is 1. The Hall–Kier alpha value is -1.10. The van der Waals surface area contributed by atoms with Crippen molar-refractivity contribution in [2.75, 3.05) is 12.4 Å². The second kappa shape index (κ2) is 5.49. The van der Waals surface area contributed by atoms with Gasteiger partial charge in [-0.3, -0.25) is 0 Å². The molecule has 94 valence electrons. The van der Waals surface area contributed by atoms with Crippen molar-refractivity contribution in [1.29, 1.82) is 0 Å². The number of nitrogens with one attached hydrogen (secondary N) is 1. The van der Waals surface area contributed by atoms with E-state index in [1.807, 2.05) is 0 Å². The fourth-order valence-corrected chi connectivity index (χ4v) is 3.14. The normalized spacial score (nSPS) is 18.0. The smallest absolute Gasteiger partial charge is 0.349 e. The van der Waals surface area contributed by atoms with E-state index in [2.05, 4.69) is 22.0 Å². The molecule has 4 nitrogen and oxygen atoms in total. The largest absolute Gasteiger partial charge is 0.465 e. The van der Waals surface area contributed by atoms with Crippen LogP contribution in [0, 0.1) is 5.92 Å². The highest BCUT2D eigenvalue weighted by Gasteiger charge is 2.22. The van der Waals surface area contributed by atoms with Gasteiger partial charge >= 0.3 is 5.97 Å². The number of carbonyl (C=O) groups is 1. The molecule has 1 aromatic heterocycles.